The second kappa shape index (κ2) is 10.3. The van der Waals surface area contributed by atoms with Crippen LogP contribution < -0.4 is 10.3 Å². The van der Waals surface area contributed by atoms with Gasteiger partial charge in [-0.1, -0.05) is 29.5 Å². The summed E-state index contributed by atoms with van der Waals surface area (Å²) < 4.78 is 20.0. The van der Waals surface area contributed by atoms with Crippen molar-refractivity contribution in [3.8, 4) is 5.75 Å². The summed E-state index contributed by atoms with van der Waals surface area (Å²) in [6.45, 7) is 0.323. The first-order valence-corrected chi connectivity index (χ1v) is 12.0. The van der Waals surface area contributed by atoms with E-state index in [1.54, 1.807) is 60.7 Å². The summed E-state index contributed by atoms with van der Waals surface area (Å²) >= 11 is 0. The number of Topliss-reactive ketones (excluding diaryl/α,β-unsaturated/α-hetero) is 1. The van der Waals surface area contributed by atoms with E-state index in [1.165, 1.54) is 16.8 Å². The summed E-state index contributed by atoms with van der Waals surface area (Å²) in [5, 5.41) is 18.5. The van der Waals surface area contributed by atoms with Crippen LogP contribution in [-0.2, 0) is 17.9 Å². The highest BCUT2D eigenvalue weighted by Gasteiger charge is 2.45. The highest BCUT2D eigenvalue weighted by Crippen LogP contribution is 2.40. The molecule has 0 radical (unpaired) electrons. The summed E-state index contributed by atoms with van der Waals surface area (Å²) in [4.78, 5) is 38.3. The smallest absolute Gasteiger partial charge is 0.307 e. The van der Waals surface area contributed by atoms with Crippen LogP contribution in [0.1, 0.15) is 28.8 Å². The van der Waals surface area contributed by atoms with Crippen LogP contribution in [0.25, 0.3) is 10.9 Å². The topological polar surface area (TPSA) is 111 Å². The second-order valence-corrected chi connectivity index (χ2v) is 9.21. The van der Waals surface area contributed by atoms with Crippen LogP contribution in [0.3, 0.4) is 0 Å². The number of hydrogen-bond acceptors (Lipinski definition) is 6. The Hall–Kier alpha value is -4.40. The number of carboxylic acid groups (broad SMARTS) is 1. The number of carbonyl (C=O) groups is 2. The molecule has 0 saturated heterocycles. The number of aliphatic carboxylic acids is 1. The standard InChI is InChI=1S/C28H24FN3O5/c29-20-10-5-17(6-11-20)16-37-21-12-7-18(8-13-21)26(33)23-14-9-19(25(23)28(35)36)15-32-27(34)22-3-1-2-4-24(22)30-31-32/h1-8,10-13,19,23,25H,9,14-16H2,(H,35,36)/t19-,23-,25-/m0/s1. The van der Waals surface area contributed by atoms with E-state index in [9.17, 15) is 23.9 Å². The quantitative estimate of drug-likeness (QED) is 0.362. The Morgan fingerprint density at radius 3 is 2.46 bits per heavy atom. The molecule has 37 heavy (non-hydrogen) atoms. The lowest BCUT2D eigenvalue weighted by molar-refractivity contribution is -0.144. The number of aromatic nitrogens is 3. The van der Waals surface area contributed by atoms with Gasteiger partial charge < -0.3 is 9.84 Å². The molecule has 0 spiro atoms. The van der Waals surface area contributed by atoms with Crippen LogP contribution in [0.5, 0.6) is 5.75 Å². The molecule has 1 heterocycles. The number of ether oxygens (including phenoxy) is 1. The average Bonchev–Trinajstić information content (AvgIpc) is 3.34. The zero-order valence-corrected chi connectivity index (χ0v) is 19.8. The predicted molar refractivity (Wildman–Crippen MR) is 133 cm³/mol. The predicted octanol–water partition coefficient (Wildman–Crippen LogP) is 4.12. The van der Waals surface area contributed by atoms with Gasteiger partial charge in [0.1, 0.15) is 23.7 Å². The molecule has 188 valence electrons. The largest absolute Gasteiger partial charge is 0.489 e. The SMILES string of the molecule is O=C(O)[C@H]1[C@H](Cn2nnc3ccccc3c2=O)CC[C@@H]1C(=O)c1ccc(OCc2ccc(F)cc2)cc1. The minimum absolute atomic E-state index is 0.0770. The van der Waals surface area contributed by atoms with Gasteiger partial charge in [0, 0.05) is 11.5 Å². The van der Waals surface area contributed by atoms with Crippen LogP contribution in [0, 0.1) is 23.6 Å². The van der Waals surface area contributed by atoms with Crippen molar-refractivity contribution in [2.24, 2.45) is 17.8 Å². The molecule has 0 unspecified atom stereocenters. The van der Waals surface area contributed by atoms with Gasteiger partial charge in [-0.2, -0.15) is 0 Å². The molecule has 0 aliphatic heterocycles. The van der Waals surface area contributed by atoms with Crippen molar-refractivity contribution >= 4 is 22.7 Å². The maximum Gasteiger partial charge on any atom is 0.307 e. The summed E-state index contributed by atoms with van der Waals surface area (Å²) in [7, 11) is 0. The van der Waals surface area contributed by atoms with E-state index in [-0.39, 0.29) is 30.3 Å². The van der Waals surface area contributed by atoms with E-state index in [0.29, 0.717) is 35.1 Å². The van der Waals surface area contributed by atoms with Crippen molar-refractivity contribution in [2.45, 2.75) is 26.0 Å². The molecule has 4 aromatic rings. The molecule has 3 aromatic carbocycles. The van der Waals surface area contributed by atoms with Gasteiger partial charge in [-0.15, -0.1) is 5.10 Å². The highest BCUT2D eigenvalue weighted by molar-refractivity contribution is 6.00. The van der Waals surface area contributed by atoms with E-state index in [2.05, 4.69) is 10.3 Å². The summed E-state index contributed by atoms with van der Waals surface area (Å²) in [6.07, 6.45) is 0.881. The second-order valence-electron chi connectivity index (χ2n) is 9.21. The lowest BCUT2D eigenvalue weighted by atomic mass is 9.84. The number of ketones is 1. The Bertz CT molecular complexity index is 1500. The van der Waals surface area contributed by atoms with Crippen LogP contribution in [0.15, 0.2) is 77.6 Å². The zero-order chi connectivity index (χ0) is 25.9. The maximum atomic E-state index is 13.3. The monoisotopic (exact) mass is 501 g/mol. The normalized spacial score (nSPS) is 19.1. The van der Waals surface area contributed by atoms with Crippen LogP contribution >= 0.6 is 0 Å². The number of halogens is 1. The van der Waals surface area contributed by atoms with Gasteiger partial charge in [0.15, 0.2) is 5.78 Å². The van der Waals surface area contributed by atoms with Crippen LogP contribution in [0.2, 0.25) is 0 Å². The number of hydrogen-bond donors (Lipinski definition) is 1. The Labute approximate surface area is 211 Å². The molecule has 9 heteroatoms. The fraction of sp³-hybridized carbons (Fsp3) is 0.250. The number of rotatable bonds is 8. The van der Waals surface area contributed by atoms with Gasteiger partial charge in [0.25, 0.3) is 5.56 Å². The third-order valence-corrected chi connectivity index (χ3v) is 6.91. The van der Waals surface area contributed by atoms with Gasteiger partial charge in [-0.05, 0) is 72.9 Å². The van der Waals surface area contributed by atoms with Gasteiger partial charge >= 0.3 is 5.97 Å². The molecule has 0 bridgehead atoms. The van der Waals surface area contributed by atoms with Crippen molar-refractivity contribution in [1.82, 2.24) is 15.0 Å². The molecule has 1 fully saturated rings. The molecule has 8 nitrogen and oxygen atoms in total. The molecule has 5 rings (SSSR count). The molecule has 1 saturated carbocycles. The number of carbonyl (C=O) groups excluding carboxylic acids is 1. The van der Waals surface area contributed by atoms with Gasteiger partial charge in [-0.3, -0.25) is 14.4 Å². The molecule has 1 aromatic heterocycles. The summed E-state index contributed by atoms with van der Waals surface area (Å²) in [5.41, 5.74) is 1.34. The highest BCUT2D eigenvalue weighted by atomic mass is 19.1. The molecule has 1 aliphatic rings. The van der Waals surface area contributed by atoms with Gasteiger partial charge in [-0.25, -0.2) is 9.07 Å². The molecular formula is C28H24FN3O5. The first kappa shape index (κ1) is 24.3. The third-order valence-electron chi connectivity index (χ3n) is 6.91. The molecule has 1 N–H and O–H groups in total. The van der Waals surface area contributed by atoms with Crippen molar-refractivity contribution < 1.29 is 23.8 Å². The Kier molecular flexibility index (Phi) is 6.76. The van der Waals surface area contributed by atoms with Crippen LogP contribution in [0.4, 0.5) is 4.39 Å². The lowest BCUT2D eigenvalue weighted by Gasteiger charge is -2.20. The average molecular weight is 502 g/mol. The molecule has 0 amide bonds. The maximum absolute atomic E-state index is 13.3. The molecule has 1 aliphatic carbocycles. The minimum Gasteiger partial charge on any atom is -0.489 e. The number of fused-ring (bicyclic) bond motifs is 1. The first-order valence-electron chi connectivity index (χ1n) is 12.0. The van der Waals surface area contributed by atoms with E-state index in [1.807, 2.05) is 0 Å². The van der Waals surface area contributed by atoms with E-state index in [0.717, 1.165) is 5.56 Å². The fourth-order valence-electron chi connectivity index (χ4n) is 5.00. The van der Waals surface area contributed by atoms with E-state index in [4.69, 9.17) is 4.74 Å². The third kappa shape index (κ3) is 5.11. The van der Waals surface area contributed by atoms with Gasteiger partial charge in [0.2, 0.25) is 0 Å². The van der Waals surface area contributed by atoms with Crippen molar-refractivity contribution in [1.29, 1.82) is 0 Å². The number of carboxylic acids is 1. The van der Waals surface area contributed by atoms with E-state index >= 15 is 0 Å². The first-order chi connectivity index (χ1) is 17.9. The zero-order valence-electron chi connectivity index (χ0n) is 19.8. The van der Waals surface area contributed by atoms with E-state index < -0.39 is 23.7 Å². The van der Waals surface area contributed by atoms with Crippen molar-refractivity contribution in [2.75, 3.05) is 0 Å². The van der Waals surface area contributed by atoms with Crippen LogP contribution in [-0.4, -0.2) is 31.9 Å². The van der Waals surface area contributed by atoms with Crippen molar-refractivity contribution in [3.63, 3.8) is 0 Å². The number of nitrogens with zero attached hydrogens (tertiary/aromatic N) is 3. The summed E-state index contributed by atoms with van der Waals surface area (Å²) in [6, 6.07) is 19.4. The van der Waals surface area contributed by atoms with Crippen molar-refractivity contribution in [3.05, 3.63) is 100 Å². The lowest BCUT2D eigenvalue weighted by Crippen LogP contribution is -2.34. The molecule has 3 atom stereocenters. The fourth-order valence-corrected chi connectivity index (χ4v) is 5.00. The Morgan fingerprint density at radius 1 is 1.00 bits per heavy atom. The Morgan fingerprint density at radius 2 is 1.73 bits per heavy atom. The van der Waals surface area contributed by atoms with Gasteiger partial charge in [0.05, 0.1) is 17.8 Å². The molecular weight excluding hydrogens is 477 g/mol. The summed E-state index contributed by atoms with van der Waals surface area (Å²) in [5.74, 6) is -3.19. The number of benzene rings is 3. The minimum atomic E-state index is -1.07. The Balaban J connectivity index is 1.28.